The summed E-state index contributed by atoms with van der Waals surface area (Å²) in [6.07, 6.45) is 3.89. The van der Waals surface area contributed by atoms with Gasteiger partial charge in [0.05, 0.1) is 11.0 Å². The van der Waals surface area contributed by atoms with E-state index in [2.05, 4.69) is 38.3 Å². The maximum Gasteiger partial charge on any atom is 0.115 e. The fourth-order valence-corrected chi connectivity index (χ4v) is 3.21. The number of imidazole rings is 1. The first-order valence-electron chi connectivity index (χ1n) is 7.69. The third-order valence-electron chi connectivity index (χ3n) is 4.26. The van der Waals surface area contributed by atoms with E-state index in [4.69, 9.17) is 10.7 Å². The van der Waals surface area contributed by atoms with Gasteiger partial charge in [-0.15, -0.1) is 0 Å². The van der Waals surface area contributed by atoms with Crippen LogP contribution in [0.2, 0.25) is 0 Å². The monoisotopic (exact) mass is 271 g/mol. The standard InChI is InChI=1S/C17H25N3/c1-5-6-11-9-15(11)20-14-8-7-12(18)10-13(14)19-16(20)17(2,3)4/h7-8,10-11,15H,5-6,9,18H2,1-4H3. The Balaban J connectivity index is 2.12. The van der Waals surface area contributed by atoms with E-state index in [1.165, 1.54) is 30.6 Å². The minimum absolute atomic E-state index is 0.0626. The number of anilines is 1. The van der Waals surface area contributed by atoms with Gasteiger partial charge in [0.15, 0.2) is 0 Å². The summed E-state index contributed by atoms with van der Waals surface area (Å²) < 4.78 is 2.48. The predicted molar refractivity (Wildman–Crippen MR) is 84.9 cm³/mol. The molecule has 108 valence electrons. The summed E-state index contributed by atoms with van der Waals surface area (Å²) in [5.74, 6) is 2.03. The minimum atomic E-state index is 0.0626. The van der Waals surface area contributed by atoms with Crippen molar-refractivity contribution in [2.75, 3.05) is 5.73 Å². The number of nitrogen functional groups attached to an aromatic ring is 1. The van der Waals surface area contributed by atoms with Gasteiger partial charge < -0.3 is 10.3 Å². The first-order valence-corrected chi connectivity index (χ1v) is 7.69. The van der Waals surface area contributed by atoms with Crippen LogP contribution in [-0.4, -0.2) is 9.55 Å². The van der Waals surface area contributed by atoms with Crippen LogP contribution in [0.4, 0.5) is 5.69 Å². The molecule has 1 saturated carbocycles. The zero-order valence-corrected chi connectivity index (χ0v) is 13.0. The number of hydrogen-bond donors (Lipinski definition) is 1. The summed E-state index contributed by atoms with van der Waals surface area (Å²) >= 11 is 0. The van der Waals surface area contributed by atoms with Crippen molar-refractivity contribution >= 4 is 16.7 Å². The van der Waals surface area contributed by atoms with Gasteiger partial charge in [-0.2, -0.15) is 0 Å². The Bertz CT molecular complexity index is 633. The van der Waals surface area contributed by atoms with Gasteiger partial charge in [0, 0.05) is 17.1 Å². The fourth-order valence-electron chi connectivity index (χ4n) is 3.21. The zero-order chi connectivity index (χ0) is 14.5. The Morgan fingerprint density at radius 1 is 1.35 bits per heavy atom. The van der Waals surface area contributed by atoms with Gasteiger partial charge in [0.1, 0.15) is 5.82 Å². The number of hydrogen-bond acceptors (Lipinski definition) is 2. The van der Waals surface area contributed by atoms with Crippen LogP contribution in [0, 0.1) is 5.92 Å². The maximum absolute atomic E-state index is 5.91. The first-order chi connectivity index (χ1) is 9.41. The molecule has 3 heteroatoms. The topological polar surface area (TPSA) is 43.8 Å². The molecule has 2 unspecified atom stereocenters. The van der Waals surface area contributed by atoms with Gasteiger partial charge in [-0.25, -0.2) is 4.98 Å². The molecule has 0 saturated heterocycles. The second kappa shape index (κ2) is 4.51. The quantitative estimate of drug-likeness (QED) is 0.847. The summed E-state index contributed by atoms with van der Waals surface area (Å²) in [4.78, 5) is 4.88. The van der Waals surface area contributed by atoms with E-state index >= 15 is 0 Å². The van der Waals surface area contributed by atoms with Crippen LogP contribution in [0.25, 0.3) is 11.0 Å². The van der Waals surface area contributed by atoms with Crippen molar-refractivity contribution in [2.45, 2.75) is 58.4 Å². The van der Waals surface area contributed by atoms with E-state index in [-0.39, 0.29) is 5.41 Å². The third kappa shape index (κ3) is 2.19. The Labute approximate surface area is 121 Å². The summed E-state index contributed by atoms with van der Waals surface area (Å²) in [6.45, 7) is 8.99. The van der Waals surface area contributed by atoms with Gasteiger partial charge >= 0.3 is 0 Å². The highest BCUT2D eigenvalue weighted by Crippen LogP contribution is 2.49. The van der Waals surface area contributed by atoms with Crippen LogP contribution in [0.15, 0.2) is 18.2 Å². The molecule has 3 nitrogen and oxygen atoms in total. The smallest absolute Gasteiger partial charge is 0.115 e. The largest absolute Gasteiger partial charge is 0.399 e. The fraction of sp³-hybridized carbons (Fsp3) is 0.588. The average molecular weight is 271 g/mol. The highest BCUT2D eigenvalue weighted by Gasteiger charge is 2.41. The van der Waals surface area contributed by atoms with Crippen LogP contribution in [-0.2, 0) is 5.41 Å². The Hall–Kier alpha value is -1.51. The predicted octanol–water partition coefficient (Wildman–Crippen LogP) is 4.28. The lowest BCUT2D eigenvalue weighted by Gasteiger charge is -2.20. The van der Waals surface area contributed by atoms with Crippen LogP contribution in [0.5, 0.6) is 0 Å². The van der Waals surface area contributed by atoms with Gasteiger partial charge in [0.2, 0.25) is 0 Å². The molecule has 0 amide bonds. The van der Waals surface area contributed by atoms with Crippen LogP contribution >= 0.6 is 0 Å². The van der Waals surface area contributed by atoms with Crippen molar-refractivity contribution in [3.63, 3.8) is 0 Å². The number of fused-ring (bicyclic) bond motifs is 1. The highest BCUT2D eigenvalue weighted by atomic mass is 15.1. The van der Waals surface area contributed by atoms with E-state index in [9.17, 15) is 0 Å². The molecule has 0 aliphatic heterocycles. The maximum atomic E-state index is 5.91. The Morgan fingerprint density at radius 2 is 2.10 bits per heavy atom. The molecular weight excluding hydrogens is 246 g/mol. The Kier molecular flexibility index (Phi) is 3.03. The van der Waals surface area contributed by atoms with E-state index in [1.807, 2.05) is 12.1 Å². The molecule has 0 bridgehead atoms. The molecule has 20 heavy (non-hydrogen) atoms. The second-order valence-corrected chi connectivity index (χ2v) is 7.16. The van der Waals surface area contributed by atoms with E-state index in [1.54, 1.807) is 0 Å². The second-order valence-electron chi connectivity index (χ2n) is 7.16. The molecule has 2 aromatic rings. The number of nitrogens with zero attached hydrogens (tertiary/aromatic N) is 2. The van der Waals surface area contributed by atoms with Crippen LogP contribution in [0.1, 0.15) is 58.8 Å². The Morgan fingerprint density at radius 3 is 2.75 bits per heavy atom. The number of benzene rings is 1. The molecule has 1 fully saturated rings. The van der Waals surface area contributed by atoms with E-state index in [0.717, 1.165) is 17.1 Å². The van der Waals surface area contributed by atoms with Crippen molar-refractivity contribution in [3.05, 3.63) is 24.0 Å². The van der Waals surface area contributed by atoms with Crippen molar-refractivity contribution < 1.29 is 0 Å². The lowest BCUT2D eigenvalue weighted by molar-refractivity contribution is 0.493. The molecule has 3 rings (SSSR count). The van der Waals surface area contributed by atoms with Crippen molar-refractivity contribution in [3.8, 4) is 0 Å². The molecule has 1 aromatic carbocycles. The van der Waals surface area contributed by atoms with Crippen molar-refractivity contribution in [2.24, 2.45) is 5.92 Å². The summed E-state index contributed by atoms with van der Waals surface area (Å²) in [7, 11) is 0. The number of nitrogens with two attached hydrogens (primary N) is 1. The lowest BCUT2D eigenvalue weighted by atomic mass is 9.95. The highest BCUT2D eigenvalue weighted by molar-refractivity contribution is 5.80. The van der Waals surface area contributed by atoms with Crippen LogP contribution in [0.3, 0.4) is 0 Å². The van der Waals surface area contributed by atoms with Gasteiger partial charge in [-0.1, -0.05) is 34.1 Å². The molecule has 1 aromatic heterocycles. The summed E-state index contributed by atoms with van der Waals surface area (Å²) in [5, 5.41) is 0. The van der Waals surface area contributed by atoms with Crippen molar-refractivity contribution in [1.29, 1.82) is 0 Å². The van der Waals surface area contributed by atoms with E-state index < -0.39 is 0 Å². The average Bonchev–Trinajstić information content (AvgIpc) is 2.99. The van der Waals surface area contributed by atoms with Crippen molar-refractivity contribution in [1.82, 2.24) is 9.55 Å². The normalized spacial score (nSPS) is 22.4. The molecule has 1 aliphatic rings. The number of aromatic nitrogens is 2. The molecule has 1 heterocycles. The molecule has 2 N–H and O–H groups in total. The minimum Gasteiger partial charge on any atom is -0.399 e. The molecule has 0 spiro atoms. The lowest BCUT2D eigenvalue weighted by Crippen LogP contribution is -2.19. The van der Waals surface area contributed by atoms with Gasteiger partial charge in [-0.05, 0) is 37.0 Å². The summed E-state index contributed by atoms with van der Waals surface area (Å²) in [6, 6.07) is 6.76. The zero-order valence-electron chi connectivity index (χ0n) is 13.0. The van der Waals surface area contributed by atoms with E-state index in [0.29, 0.717) is 6.04 Å². The summed E-state index contributed by atoms with van der Waals surface area (Å²) in [5.41, 5.74) is 9.05. The van der Waals surface area contributed by atoms with Gasteiger partial charge in [0.25, 0.3) is 0 Å². The first kappa shape index (κ1) is 13.5. The van der Waals surface area contributed by atoms with Crippen LogP contribution < -0.4 is 5.73 Å². The SMILES string of the molecule is CCCC1CC1n1c(C(C)(C)C)nc2cc(N)ccc21. The van der Waals surface area contributed by atoms with Gasteiger partial charge in [-0.3, -0.25) is 0 Å². The molecule has 2 atom stereocenters. The molecular formula is C17H25N3. The molecule has 1 aliphatic carbocycles. The number of rotatable bonds is 3. The molecule has 0 radical (unpaired) electrons. The third-order valence-corrected chi connectivity index (χ3v) is 4.26.